The Balaban J connectivity index is 1.68. The number of carbonyl (C=O) groups is 1. The molecule has 2 aromatic rings. The Hall–Kier alpha value is -2.08. The molecule has 0 aliphatic carbocycles. The molecule has 1 aromatic heterocycles. The van der Waals surface area contributed by atoms with E-state index in [-0.39, 0.29) is 5.91 Å². The van der Waals surface area contributed by atoms with Crippen molar-refractivity contribution in [1.29, 1.82) is 0 Å². The third-order valence-corrected chi connectivity index (χ3v) is 5.32. The van der Waals surface area contributed by atoms with Crippen molar-refractivity contribution in [3.05, 3.63) is 24.3 Å². The molecule has 0 saturated carbocycles. The molecule has 130 valence electrons. The van der Waals surface area contributed by atoms with Gasteiger partial charge in [-0.15, -0.1) is 0 Å². The van der Waals surface area contributed by atoms with Crippen LogP contribution >= 0.6 is 0 Å². The fourth-order valence-corrected chi connectivity index (χ4v) is 3.36. The summed E-state index contributed by atoms with van der Waals surface area (Å²) in [5, 5.41) is 0. The predicted molar refractivity (Wildman–Crippen MR) is 94.9 cm³/mol. The molecule has 1 fully saturated rings. The standard InChI is InChI=1S/C18H26N4O2/c1-3-18(4-2,13-19)16(23)21-9-11-22(12-10-21)17-20-14-7-5-6-8-15(14)24-17/h5-8H,3-4,9-13,19H2,1-2H3. The highest BCUT2D eigenvalue weighted by atomic mass is 16.4. The molecule has 1 aliphatic heterocycles. The number of aromatic nitrogens is 1. The molecule has 1 saturated heterocycles. The zero-order chi connectivity index (χ0) is 17.2. The Labute approximate surface area is 142 Å². The van der Waals surface area contributed by atoms with E-state index in [2.05, 4.69) is 9.88 Å². The maximum Gasteiger partial charge on any atom is 0.298 e. The monoisotopic (exact) mass is 330 g/mol. The van der Waals surface area contributed by atoms with E-state index >= 15 is 0 Å². The van der Waals surface area contributed by atoms with Gasteiger partial charge in [0.05, 0.1) is 5.41 Å². The van der Waals surface area contributed by atoms with Crippen molar-refractivity contribution in [1.82, 2.24) is 9.88 Å². The quantitative estimate of drug-likeness (QED) is 0.910. The second kappa shape index (κ2) is 6.81. The topological polar surface area (TPSA) is 75.6 Å². The minimum Gasteiger partial charge on any atom is -0.423 e. The summed E-state index contributed by atoms with van der Waals surface area (Å²) in [7, 11) is 0. The van der Waals surface area contributed by atoms with Gasteiger partial charge in [0, 0.05) is 32.7 Å². The molecule has 1 aliphatic rings. The van der Waals surface area contributed by atoms with E-state index in [1.54, 1.807) is 0 Å². The summed E-state index contributed by atoms with van der Waals surface area (Å²) in [6, 6.07) is 8.40. The number of benzene rings is 1. The van der Waals surface area contributed by atoms with Crippen molar-refractivity contribution in [3.8, 4) is 0 Å². The van der Waals surface area contributed by atoms with Crippen LogP contribution in [0.15, 0.2) is 28.7 Å². The van der Waals surface area contributed by atoms with E-state index in [1.165, 1.54) is 0 Å². The number of fused-ring (bicyclic) bond motifs is 1. The molecule has 0 atom stereocenters. The molecule has 1 aromatic carbocycles. The van der Waals surface area contributed by atoms with Crippen LogP contribution < -0.4 is 10.6 Å². The lowest BCUT2D eigenvalue weighted by molar-refractivity contribution is -0.142. The van der Waals surface area contributed by atoms with Gasteiger partial charge in [0.1, 0.15) is 5.52 Å². The van der Waals surface area contributed by atoms with Gasteiger partial charge in [-0.3, -0.25) is 4.79 Å². The number of nitrogens with two attached hydrogens (primary N) is 1. The maximum absolute atomic E-state index is 12.9. The van der Waals surface area contributed by atoms with Crippen molar-refractivity contribution < 1.29 is 9.21 Å². The molecule has 0 bridgehead atoms. The molecule has 3 rings (SSSR count). The van der Waals surface area contributed by atoms with Gasteiger partial charge in [0.25, 0.3) is 6.01 Å². The van der Waals surface area contributed by atoms with Gasteiger partial charge in [0.15, 0.2) is 5.58 Å². The first-order valence-corrected chi connectivity index (χ1v) is 8.73. The number of amides is 1. The molecule has 24 heavy (non-hydrogen) atoms. The lowest BCUT2D eigenvalue weighted by Crippen LogP contribution is -2.55. The highest BCUT2D eigenvalue weighted by Crippen LogP contribution is 2.29. The molecular formula is C18H26N4O2. The van der Waals surface area contributed by atoms with Gasteiger partial charge in [0.2, 0.25) is 5.91 Å². The Morgan fingerprint density at radius 2 is 1.88 bits per heavy atom. The molecular weight excluding hydrogens is 304 g/mol. The molecule has 0 unspecified atom stereocenters. The van der Waals surface area contributed by atoms with Crippen LogP contribution in [-0.2, 0) is 4.79 Å². The first kappa shape index (κ1) is 16.8. The number of rotatable bonds is 5. The first-order chi connectivity index (χ1) is 11.6. The number of anilines is 1. The lowest BCUT2D eigenvalue weighted by Gasteiger charge is -2.39. The van der Waals surface area contributed by atoms with Crippen molar-refractivity contribution in [2.24, 2.45) is 11.1 Å². The number of nitrogens with zero attached hydrogens (tertiary/aromatic N) is 3. The molecule has 2 heterocycles. The Morgan fingerprint density at radius 3 is 2.46 bits per heavy atom. The van der Waals surface area contributed by atoms with E-state index < -0.39 is 5.41 Å². The second-order valence-electron chi connectivity index (χ2n) is 6.43. The number of piperazine rings is 1. The minimum absolute atomic E-state index is 0.187. The van der Waals surface area contributed by atoms with Crippen LogP contribution in [0.4, 0.5) is 6.01 Å². The predicted octanol–water partition coefficient (Wildman–Crippen LogP) is 2.24. The van der Waals surface area contributed by atoms with Gasteiger partial charge in [-0.25, -0.2) is 0 Å². The summed E-state index contributed by atoms with van der Waals surface area (Å²) >= 11 is 0. The van der Waals surface area contributed by atoms with Crippen molar-refractivity contribution >= 4 is 23.0 Å². The van der Waals surface area contributed by atoms with Gasteiger partial charge >= 0.3 is 0 Å². The van der Waals surface area contributed by atoms with Gasteiger partial charge in [-0.1, -0.05) is 26.0 Å². The number of carbonyl (C=O) groups excluding carboxylic acids is 1. The number of para-hydroxylation sites is 2. The van der Waals surface area contributed by atoms with Crippen LogP contribution in [0, 0.1) is 5.41 Å². The zero-order valence-electron chi connectivity index (χ0n) is 14.5. The third-order valence-electron chi connectivity index (χ3n) is 5.32. The van der Waals surface area contributed by atoms with E-state index in [0.717, 1.165) is 37.0 Å². The van der Waals surface area contributed by atoms with Gasteiger partial charge < -0.3 is 20.0 Å². The van der Waals surface area contributed by atoms with Crippen molar-refractivity contribution in [2.75, 3.05) is 37.6 Å². The van der Waals surface area contributed by atoms with Gasteiger partial charge in [-0.05, 0) is 25.0 Å². The lowest BCUT2D eigenvalue weighted by atomic mass is 9.81. The van der Waals surface area contributed by atoms with Crippen LogP contribution in [-0.4, -0.2) is 48.5 Å². The molecule has 1 amide bonds. The van der Waals surface area contributed by atoms with Crippen molar-refractivity contribution in [2.45, 2.75) is 26.7 Å². The minimum atomic E-state index is -0.417. The fourth-order valence-electron chi connectivity index (χ4n) is 3.36. The number of oxazole rings is 1. The first-order valence-electron chi connectivity index (χ1n) is 8.73. The van der Waals surface area contributed by atoms with Gasteiger partial charge in [-0.2, -0.15) is 4.98 Å². The normalized spacial score (nSPS) is 16.0. The summed E-state index contributed by atoms with van der Waals surface area (Å²) in [5.41, 5.74) is 7.16. The maximum atomic E-state index is 12.9. The molecule has 6 nitrogen and oxygen atoms in total. The largest absolute Gasteiger partial charge is 0.423 e. The van der Waals surface area contributed by atoms with Crippen LogP contribution in [0.5, 0.6) is 0 Å². The average Bonchev–Trinajstić information content (AvgIpc) is 3.08. The van der Waals surface area contributed by atoms with Crippen LogP contribution in [0.3, 0.4) is 0 Å². The highest BCUT2D eigenvalue weighted by Gasteiger charge is 2.38. The fraction of sp³-hybridized carbons (Fsp3) is 0.556. The summed E-state index contributed by atoms with van der Waals surface area (Å²) in [6.45, 7) is 7.31. The van der Waals surface area contributed by atoms with E-state index in [1.807, 2.05) is 43.0 Å². The molecule has 0 spiro atoms. The summed E-state index contributed by atoms with van der Waals surface area (Å²) in [6.07, 6.45) is 1.56. The summed E-state index contributed by atoms with van der Waals surface area (Å²) < 4.78 is 5.83. The third kappa shape index (κ3) is 2.86. The summed E-state index contributed by atoms with van der Waals surface area (Å²) in [5.74, 6) is 0.187. The summed E-state index contributed by atoms with van der Waals surface area (Å²) in [4.78, 5) is 21.5. The SMILES string of the molecule is CCC(CC)(CN)C(=O)N1CCN(c2nc3ccccc3o2)CC1. The van der Waals surface area contributed by atoms with Crippen molar-refractivity contribution in [3.63, 3.8) is 0 Å². The van der Waals surface area contributed by atoms with Crippen LogP contribution in [0.25, 0.3) is 11.1 Å². The van der Waals surface area contributed by atoms with E-state index in [9.17, 15) is 4.79 Å². The zero-order valence-corrected chi connectivity index (χ0v) is 14.5. The van der Waals surface area contributed by atoms with Crippen LogP contribution in [0.1, 0.15) is 26.7 Å². The molecule has 6 heteroatoms. The number of hydrogen-bond acceptors (Lipinski definition) is 5. The Kier molecular flexibility index (Phi) is 4.76. The Morgan fingerprint density at radius 1 is 1.21 bits per heavy atom. The molecule has 0 radical (unpaired) electrons. The highest BCUT2D eigenvalue weighted by molar-refractivity contribution is 5.83. The average molecular weight is 330 g/mol. The van der Waals surface area contributed by atoms with Crippen LogP contribution in [0.2, 0.25) is 0 Å². The van der Waals surface area contributed by atoms with E-state index in [0.29, 0.717) is 25.6 Å². The molecule has 2 N–H and O–H groups in total. The van der Waals surface area contributed by atoms with E-state index in [4.69, 9.17) is 10.2 Å². The second-order valence-corrected chi connectivity index (χ2v) is 6.43. The number of hydrogen-bond donors (Lipinski definition) is 1. The smallest absolute Gasteiger partial charge is 0.298 e. The Bertz CT molecular complexity index is 659.